The van der Waals surface area contributed by atoms with Gasteiger partial charge in [0.15, 0.2) is 5.96 Å². The summed E-state index contributed by atoms with van der Waals surface area (Å²) in [5.74, 6) is 1.60. The van der Waals surface area contributed by atoms with Crippen LogP contribution in [0, 0.1) is 0 Å². The van der Waals surface area contributed by atoms with Crippen LogP contribution in [-0.4, -0.2) is 38.0 Å². The SMILES string of the molecule is CCNC(=NCC(=O)N1CCCc2ccccc21)NCCc1ccco1. The number of hydrogen-bond acceptors (Lipinski definition) is 3. The zero-order valence-electron chi connectivity index (χ0n) is 15.2. The summed E-state index contributed by atoms with van der Waals surface area (Å²) in [4.78, 5) is 19.0. The summed E-state index contributed by atoms with van der Waals surface area (Å²) in [5, 5.41) is 6.42. The van der Waals surface area contributed by atoms with E-state index in [1.165, 1.54) is 5.56 Å². The quantitative estimate of drug-likeness (QED) is 0.617. The van der Waals surface area contributed by atoms with Gasteiger partial charge in [0.05, 0.1) is 6.26 Å². The first-order valence-electron chi connectivity index (χ1n) is 9.20. The average molecular weight is 354 g/mol. The Labute approximate surface area is 154 Å². The first-order valence-corrected chi connectivity index (χ1v) is 9.20. The topological polar surface area (TPSA) is 69.9 Å². The number of aliphatic imine (C=N–C) groups is 1. The number of rotatable bonds is 6. The number of carbonyl (C=O) groups excluding carboxylic acids is 1. The third-order valence-electron chi connectivity index (χ3n) is 4.37. The Kier molecular flexibility index (Phi) is 6.30. The fourth-order valence-corrected chi connectivity index (χ4v) is 3.13. The number of hydrogen-bond donors (Lipinski definition) is 2. The van der Waals surface area contributed by atoms with E-state index in [2.05, 4.69) is 21.7 Å². The molecule has 2 heterocycles. The van der Waals surface area contributed by atoms with Gasteiger partial charge in [-0.25, -0.2) is 4.99 Å². The van der Waals surface area contributed by atoms with E-state index >= 15 is 0 Å². The van der Waals surface area contributed by atoms with Gasteiger partial charge in [-0.05, 0) is 43.5 Å². The summed E-state index contributed by atoms with van der Waals surface area (Å²) >= 11 is 0. The molecule has 0 bridgehead atoms. The Morgan fingerprint density at radius 1 is 1.23 bits per heavy atom. The minimum atomic E-state index is 0.0281. The number of nitrogens with zero attached hydrogens (tertiary/aromatic N) is 2. The van der Waals surface area contributed by atoms with Crippen LogP contribution in [0.5, 0.6) is 0 Å². The molecular weight excluding hydrogens is 328 g/mol. The van der Waals surface area contributed by atoms with Gasteiger partial charge in [-0.2, -0.15) is 0 Å². The summed E-state index contributed by atoms with van der Waals surface area (Å²) in [5.41, 5.74) is 2.26. The maximum absolute atomic E-state index is 12.7. The van der Waals surface area contributed by atoms with Crippen molar-refractivity contribution in [3.63, 3.8) is 0 Å². The second-order valence-electron chi connectivity index (χ2n) is 6.23. The van der Waals surface area contributed by atoms with Crippen LogP contribution in [0.2, 0.25) is 0 Å². The Hall–Kier alpha value is -2.76. The molecule has 26 heavy (non-hydrogen) atoms. The van der Waals surface area contributed by atoms with Crippen LogP contribution in [-0.2, 0) is 17.6 Å². The van der Waals surface area contributed by atoms with E-state index in [0.29, 0.717) is 12.5 Å². The van der Waals surface area contributed by atoms with Crippen molar-refractivity contribution in [2.75, 3.05) is 31.1 Å². The van der Waals surface area contributed by atoms with Gasteiger partial charge in [0, 0.05) is 31.7 Å². The van der Waals surface area contributed by atoms with E-state index in [4.69, 9.17) is 4.42 Å². The molecule has 3 rings (SSSR count). The number of anilines is 1. The van der Waals surface area contributed by atoms with E-state index in [-0.39, 0.29) is 12.5 Å². The highest BCUT2D eigenvalue weighted by molar-refractivity contribution is 5.97. The van der Waals surface area contributed by atoms with Crippen LogP contribution in [0.3, 0.4) is 0 Å². The second-order valence-corrected chi connectivity index (χ2v) is 6.23. The van der Waals surface area contributed by atoms with Crippen molar-refractivity contribution in [1.29, 1.82) is 0 Å². The van der Waals surface area contributed by atoms with E-state index < -0.39 is 0 Å². The van der Waals surface area contributed by atoms with Crippen molar-refractivity contribution in [3.8, 4) is 0 Å². The average Bonchev–Trinajstić information content (AvgIpc) is 3.19. The highest BCUT2D eigenvalue weighted by Crippen LogP contribution is 2.26. The molecule has 0 fully saturated rings. The van der Waals surface area contributed by atoms with Crippen LogP contribution in [0.15, 0.2) is 52.1 Å². The summed E-state index contributed by atoms with van der Waals surface area (Å²) in [6, 6.07) is 11.9. The molecule has 6 nitrogen and oxygen atoms in total. The van der Waals surface area contributed by atoms with Crippen molar-refractivity contribution >= 4 is 17.6 Å². The molecule has 6 heteroatoms. The Bertz CT molecular complexity index is 740. The molecule has 0 spiro atoms. The third-order valence-corrected chi connectivity index (χ3v) is 4.37. The number of amides is 1. The van der Waals surface area contributed by atoms with Crippen molar-refractivity contribution in [2.24, 2.45) is 4.99 Å². The Morgan fingerprint density at radius 3 is 2.92 bits per heavy atom. The maximum Gasteiger partial charge on any atom is 0.248 e. The smallest absolute Gasteiger partial charge is 0.248 e. The lowest BCUT2D eigenvalue weighted by atomic mass is 10.0. The summed E-state index contributed by atoms with van der Waals surface area (Å²) < 4.78 is 5.33. The van der Waals surface area contributed by atoms with Gasteiger partial charge in [0.25, 0.3) is 0 Å². The third kappa shape index (κ3) is 4.65. The number of para-hydroxylation sites is 1. The van der Waals surface area contributed by atoms with Crippen LogP contribution in [0.25, 0.3) is 0 Å². The van der Waals surface area contributed by atoms with Crippen LogP contribution in [0.1, 0.15) is 24.7 Å². The van der Waals surface area contributed by atoms with Crippen molar-refractivity contribution in [1.82, 2.24) is 10.6 Å². The van der Waals surface area contributed by atoms with E-state index in [1.54, 1.807) is 6.26 Å². The molecule has 1 amide bonds. The molecule has 0 radical (unpaired) electrons. The fraction of sp³-hybridized carbons (Fsp3) is 0.400. The number of fused-ring (bicyclic) bond motifs is 1. The summed E-state index contributed by atoms with van der Waals surface area (Å²) in [6.07, 6.45) is 4.46. The number of carbonyl (C=O) groups is 1. The molecule has 1 aromatic heterocycles. The van der Waals surface area contributed by atoms with Crippen molar-refractivity contribution in [3.05, 3.63) is 54.0 Å². The number of nitrogens with one attached hydrogen (secondary N) is 2. The summed E-state index contributed by atoms with van der Waals surface area (Å²) in [6.45, 7) is 4.33. The molecule has 1 aliphatic heterocycles. The van der Waals surface area contributed by atoms with E-state index in [0.717, 1.165) is 43.8 Å². The zero-order valence-corrected chi connectivity index (χ0v) is 15.2. The molecular formula is C20H26N4O2. The highest BCUT2D eigenvalue weighted by Gasteiger charge is 2.21. The number of aryl methyl sites for hydroxylation is 1. The van der Waals surface area contributed by atoms with Gasteiger partial charge >= 0.3 is 0 Å². The summed E-state index contributed by atoms with van der Waals surface area (Å²) in [7, 11) is 0. The van der Waals surface area contributed by atoms with Crippen LogP contribution >= 0.6 is 0 Å². The predicted molar refractivity (Wildman–Crippen MR) is 104 cm³/mol. The molecule has 0 saturated carbocycles. The maximum atomic E-state index is 12.7. The molecule has 0 unspecified atom stereocenters. The van der Waals surface area contributed by atoms with Crippen LogP contribution < -0.4 is 15.5 Å². The molecule has 0 aliphatic carbocycles. The number of benzene rings is 1. The van der Waals surface area contributed by atoms with Gasteiger partial charge in [0.2, 0.25) is 5.91 Å². The number of furan rings is 1. The molecule has 138 valence electrons. The van der Waals surface area contributed by atoms with Gasteiger partial charge in [-0.15, -0.1) is 0 Å². The Morgan fingerprint density at radius 2 is 2.12 bits per heavy atom. The zero-order chi connectivity index (χ0) is 18.2. The number of guanidine groups is 1. The van der Waals surface area contributed by atoms with Gasteiger partial charge in [-0.3, -0.25) is 4.79 Å². The van der Waals surface area contributed by atoms with Crippen molar-refractivity contribution in [2.45, 2.75) is 26.2 Å². The molecule has 1 aliphatic rings. The first-order chi connectivity index (χ1) is 12.8. The van der Waals surface area contributed by atoms with E-state index in [1.807, 2.05) is 42.2 Å². The normalized spacial score (nSPS) is 14.0. The minimum Gasteiger partial charge on any atom is -0.469 e. The van der Waals surface area contributed by atoms with Crippen molar-refractivity contribution < 1.29 is 9.21 Å². The lowest BCUT2D eigenvalue weighted by Gasteiger charge is -2.29. The molecule has 0 atom stereocenters. The standard InChI is InChI=1S/C20H26N4O2/c1-2-21-20(22-12-11-17-9-6-14-26-17)23-15-19(25)24-13-5-8-16-7-3-4-10-18(16)24/h3-4,6-7,9-10,14H,2,5,8,11-13,15H2,1H3,(H2,21,22,23). The monoisotopic (exact) mass is 354 g/mol. The molecule has 2 aromatic rings. The van der Waals surface area contributed by atoms with Crippen LogP contribution in [0.4, 0.5) is 5.69 Å². The minimum absolute atomic E-state index is 0.0281. The van der Waals surface area contributed by atoms with Gasteiger partial charge in [-0.1, -0.05) is 18.2 Å². The predicted octanol–water partition coefficient (Wildman–Crippen LogP) is 2.36. The lowest BCUT2D eigenvalue weighted by molar-refractivity contribution is -0.117. The largest absolute Gasteiger partial charge is 0.469 e. The van der Waals surface area contributed by atoms with Gasteiger partial charge in [0.1, 0.15) is 12.3 Å². The molecule has 2 N–H and O–H groups in total. The first kappa shape index (κ1) is 18.0. The molecule has 0 saturated heterocycles. The molecule has 1 aromatic carbocycles. The van der Waals surface area contributed by atoms with Gasteiger partial charge < -0.3 is 20.0 Å². The van der Waals surface area contributed by atoms with E-state index in [9.17, 15) is 4.79 Å². The highest BCUT2D eigenvalue weighted by atomic mass is 16.3. The second kappa shape index (κ2) is 9.08. The Balaban J connectivity index is 1.57. The lowest BCUT2D eigenvalue weighted by Crippen LogP contribution is -2.41. The fourth-order valence-electron chi connectivity index (χ4n) is 3.13.